The lowest BCUT2D eigenvalue weighted by Gasteiger charge is -1.97. The van der Waals surface area contributed by atoms with Gasteiger partial charge in [-0.05, 0) is 34.7 Å². The van der Waals surface area contributed by atoms with Crippen LogP contribution in [0.3, 0.4) is 0 Å². The molecule has 5 heteroatoms. The van der Waals surface area contributed by atoms with Crippen LogP contribution in [0.2, 0.25) is 0 Å². The van der Waals surface area contributed by atoms with Gasteiger partial charge in [0.05, 0.1) is 0 Å². The molecule has 0 radical (unpaired) electrons. The molecule has 2 aromatic rings. The average molecular weight is 303 g/mol. The minimum absolute atomic E-state index is 0.0983. The van der Waals surface area contributed by atoms with Crippen molar-refractivity contribution in [2.75, 3.05) is 5.73 Å². The molecule has 0 spiro atoms. The highest BCUT2D eigenvalue weighted by atomic mass is 127. The molecule has 1 heterocycles. The Balaban J connectivity index is 2.55. The second-order valence-corrected chi connectivity index (χ2v) is 4.05. The van der Waals surface area contributed by atoms with Crippen molar-refractivity contribution in [1.82, 2.24) is 10.2 Å². The van der Waals surface area contributed by atoms with Crippen LogP contribution in [-0.4, -0.2) is 10.2 Å². The van der Waals surface area contributed by atoms with Crippen LogP contribution in [0.5, 0.6) is 0 Å². The third kappa shape index (κ3) is 1.59. The molecule has 3 nitrogen and oxygen atoms in total. The van der Waals surface area contributed by atoms with E-state index in [1.54, 1.807) is 6.07 Å². The zero-order valence-corrected chi connectivity index (χ0v) is 9.25. The molecule has 0 aliphatic rings. The first-order valence-electron chi connectivity index (χ1n) is 3.94. The molecule has 0 saturated carbocycles. The van der Waals surface area contributed by atoms with Crippen LogP contribution in [0.15, 0.2) is 24.3 Å². The fourth-order valence-electron chi connectivity index (χ4n) is 1.18. The number of halogens is 2. The lowest BCUT2D eigenvalue weighted by Crippen LogP contribution is -1.87. The zero-order chi connectivity index (χ0) is 10.1. The van der Waals surface area contributed by atoms with Crippen LogP contribution < -0.4 is 5.73 Å². The maximum atomic E-state index is 13.4. The molecular weight excluding hydrogens is 296 g/mol. The minimum Gasteiger partial charge on any atom is -0.380 e. The first-order chi connectivity index (χ1) is 6.68. The largest absolute Gasteiger partial charge is 0.380 e. The van der Waals surface area contributed by atoms with Crippen LogP contribution in [0.25, 0.3) is 11.3 Å². The van der Waals surface area contributed by atoms with E-state index in [0.717, 1.165) is 9.13 Å². The summed E-state index contributed by atoms with van der Waals surface area (Å²) in [5, 5.41) is 6.16. The summed E-state index contributed by atoms with van der Waals surface area (Å²) in [5.41, 5.74) is 6.38. The molecule has 0 atom stereocenters. The van der Waals surface area contributed by atoms with E-state index in [1.165, 1.54) is 0 Å². The highest BCUT2D eigenvalue weighted by Gasteiger charge is 2.11. The van der Waals surface area contributed by atoms with Gasteiger partial charge in [0.25, 0.3) is 0 Å². The molecule has 0 aliphatic heterocycles. The molecule has 0 saturated heterocycles. The summed E-state index contributed by atoms with van der Waals surface area (Å²) >= 11 is 2.16. The molecule has 1 aromatic carbocycles. The first kappa shape index (κ1) is 9.45. The summed E-state index contributed by atoms with van der Waals surface area (Å²) in [6.07, 6.45) is 0. The van der Waals surface area contributed by atoms with Gasteiger partial charge in [-0.3, -0.25) is 5.10 Å². The molecule has 0 aliphatic carbocycles. The van der Waals surface area contributed by atoms with Crippen LogP contribution >= 0.6 is 22.6 Å². The van der Waals surface area contributed by atoms with Gasteiger partial charge in [-0.1, -0.05) is 12.1 Å². The van der Waals surface area contributed by atoms with E-state index in [2.05, 4.69) is 32.8 Å². The summed E-state index contributed by atoms with van der Waals surface area (Å²) in [6.45, 7) is 0. The van der Waals surface area contributed by atoms with Gasteiger partial charge in [0.1, 0.15) is 5.69 Å². The van der Waals surface area contributed by atoms with Crippen molar-refractivity contribution >= 4 is 28.4 Å². The molecular formula is C9H7FIN3. The maximum Gasteiger partial charge on any atom is 0.192 e. The van der Waals surface area contributed by atoms with Crippen LogP contribution in [-0.2, 0) is 0 Å². The van der Waals surface area contributed by atoms with Crippen LogP contribution in [0.1, 0.15) is 0 Å². The van der Waals surface area contributed by atoms with Crippen molar-refractivity contribution in [2.45, 2.75) is 0 Å². The van der Waals surface area contributed by atoms with Gasteiger partial charge in [0.15, 0.2) is 11.6 Å². The zero-order valence-electron chi connectivity index (χ0n) is 7.09. The second-order valence-electron chi connectivity index (χ2n) is 2.81. The Kier molecular flexibility index (Phi) is 2.40. The minimum atomic E-state index is -0.494. The Morgan fingerprint density at radius 2 is 2.21 bits per heavy atom. The van der Waals surface area contributed by atoms with Gasteiger partial charge < -0.3 is 5.73 Å². The fourth-order valence-corrected chi connectivity index (χ4v) is 1.72. The van der Waals surface area contributed by atoms with Crippen molar-refractivity contribution in [2.24, 2.45) is 0 Å². The number of aromatic nitrogens is 2. The Labute approximate surface area is 93.7 Å². The quantitative estimate of drug-likeness (QED) is 0.795. The number of nitrogens with two attached hydrogens (primary N) is 1. The highest BCUT2D eigenvalue weighted by Crippen LogP contribution is 2.24. The molecule has 14 heavy (non-hydrogen) atoms. The number of aromatic amines is 1. The predicted molar refractivity (Wildman–Crippen MR) is 61.1 cm³/mol. The van der Waals surface area contributed by atoms with E-state index < -0.39 is 5.82 Å². The summed E-state index contributed by atoms with van der Waals surface area (Å²) in [4.78, 5) is 0. The average Bonchev–Trinajstić information content (AvgIpc) is 2.48. The van der Waals surface area contributed by atoms with Gasteiger partial charge in [-0.25, -0.2) is 4.39 Å². The number of benzene rings is 1. The third-order valence-electron chi connectivity index (χ3n) is 1.85. The van der Waals surface area contributed by atoms with E-state index in [-0.39, 0.29) is 5.82 Å². The van der Waals surface area contributed by atoms with E-state index in [4.69, 9.17) is 5.73 Å². The summed E-state index contributed by atoms with van der Waals surface area (Å²) in [6, 6.07) is 7.45. The highest BCUT2D eigenvalue weighted by molar-refractivity contribution is 14.1. The number of rotatable bonds is 1. The van der Waals surface area contributed by atoms with Crippen LogP contribution in [0, 0.1) is 9.39 Å². The summed E-state index contributed by atoms with van der Waals surface area (Å²) in [5.74, 6) is -0.592. The number of nitrogens with zero attached hydrogens (tertiary/aromatic N) is 1. The monoisotopic (exact) mass is 303 g/mol. The Hall–Kier alpha value is -1.11. The topological polar surface area (TPSA) is 54.7 Å². The maximum absolute atomic E-state index is 13.4. The van der Waals surface area contributed by atoms with Gasteiger partial charge in [-0.2, -0.15) is 5.10 Å². The molecule has 2 rings (SSSR count). The third-order valence-corrected chi connectivity index (χ3v) is 2.52. The SMILES string of the molecule is Nc1n[nH]c(-c2cccc(I)c2)c1F. The van der Waals surface area contributed by atoms with Crippen LogP contribution in [0.4, 0.5) is 10.2 Å². The first-order valence-corrected chi connectivity index (χ1v) is 5.01. The van der Waals surface area contributed by atoms with Crippen molar-refractivity contribution in [3.05, 3.63) is 33.7 Å². The Morgan fingerprint density at radius 3 is 2.79 bits per heavy atom. The molecule has 1 aromatic heterocycles. The van der Waals surface area contributed by atoms with Crippen molar-refractivity contribution in [3.8, 4) is 11.3 Å². The van der Waals surface area contributed by atoms with Crippen molar-refractivity contribution in [1.29, 1.82) is 0 Å². The van der Waals surface area contributed by atoms with Crippen molar-refractivity contribution in [3.63, 3.8) is 0 Å². The number of anilines is 1. The standard InChI is InChI=1S/C9H7FIN3/c10-7-8(13-14-9(7)12)5-2-1-3-6(11)4-5/h1-4H,(H3,12,13,14). The summed E-state index contributed by atoms with van der Waals surface area (Å²) in [7, 11) is 0. The molecule has 0 fully saturated rings. The molecule has 0 amide bonds. The van der Waals surface area contributed by atoms with Gasteiger partial charge in [0.2, 0.25) is 0 Å². The van der Waals surface area contributed by atoms with E-state index in [9.17, 15) is 4.39 Å². The summed E-state index contributed by atoms with van der Waals surface area (Å²) < 4.78 is 14.4. The van der Waals surface area contributed by atoms with Gasteiger partial charge in [-0.15, -0.1) is 0 Å². The van der Waals surface area contributed by atoms with Crippen molar-refractivity contribution < 1.29 is 4.39 Å². The predicted octanol–water partition coefficient (Wildman–Crippen LogP) is 2.40. The molecule has 3 N–H and O–H groups in total. The number of nitrogens with one attached hydrogen (secondary N) is 1. The number of H-pyrrole nitrogens is 1. The lowest BCUT2D eigenvalue weighted by molar-refractivity contribution is 0.636. The molecule has 0 bridgehead atoms. The Morgan fingerprint density at radius 1 is 1.43 bits per heavy atom. The number of hydrogen-bond acceptors (Lipinski definition) is 2. The van der Waals surface area contributed by atoms with E-state index in [0.29, 0.717) is 5.69 Å². The second kappa shape index (κ2) is 3.56. The number of nitrogen functional groups attached to an aromatic ring is 1. The molecule has 0 unspecified atom stereocenters. The van der Waals surface area contributed by atoms with Gasteiger partial charge in [0, 0.05) is 9.13 Å². The normalized spacial score (nSPS) is 10.4. The lowest BCUT2D eigenvalue weighted by atomic mass is 10.1. The Bertz CT molecular complexity index is 467. The number of hydrogen-bond donors (Lipinski definition) is 2. The van der Waals surface area contributed by atoms with E-state index in [1.807, 2.05) is 18.2 Å². The van der Waals surface area contributed by atoms with E-state index >= 15 is 0 Å². The fraction of sp³-hybridized carbons (Fsp3) is 0. The van der Waals surface area contributed by atoms with Gasteiger partial charge >= 0.3 is 0 Å². The smallest absolute Gasteiger partial charge is 0.192 e. The molecule has 72 valence electrons.